The smallest absolute Gasteiger partial charge is 0.229 e. The molecule has 6 heteroatoms. The molecule has 2 rings (SSSR count). The van der Waals surface area contributed by atoms with Crippen LogP contribution < -0.4 is 10.0 Å². The summed E-state index contributed by atoms with van der Waals surface area (Å²) >= 11 is 0. The predicted octanol–water partition coefficient (Wildman–Crippen LogP) is 0.719. The summed E-state index contributed by atoms with van der Waals surface area (Å²) in [5.74, 6) is 0. The second-order valence-corrected chi connectivity index (χ2v) is 5.81. The molecule has 1 aliphatic heterocycles. The minimum Gasteiger partial charge on any atom is -0.371 e. The molecule has 0 aliphatic carbocycles. The van der Waals surface area contributed by atoms with Crippen LogP contribution >= 0.6 is 0 Å². The molecule has 5 nitrogen and oxygen atoms in total. The number of morpholine rings is 1. The zero-order chi connectivity index (χ0) is 12.3. The van der Waals surface area contributed by atoms with Gasteiger partial charge in [0.2, 0.25) is 10.0 Å². The summed E-state index contributed by atoms with van der Waals surface area (Å²) in [5, 5.41) is 3.25. The molecular formula is C11H16N2O3S. The molecule has 0 spiro atoms. The normalized spacial score (nSPS) is 21.1. The van der Waals surface area contributed by atoms with Crippen molar-refractivity contribution in [2.75, 3.05) is 30.7 Å². The van der Waals surface area contributed by atoms with Crippen LogP contribution in [-0.4, -0.2) is 34.4 Å². The van der Waals surface area contributed by atoms with Crippen molar-refractivity contribution in [3.63, 3.8) is 0 Å². The number of rotatable bonds is 3. The highest BCUT2D eigenvalue weighted by molar-refractivity contribution is 7.92. The van der Waals surface area contributed by atoms with Crippen molar-refractivity contribution < 1.29 is 13.2 Å². The lowest BCUT2D eigenvalue weighted by molar-refractivity contribution is 0.0277. The number of hydrogen-bond donors (Lipinski definition) is 2. The van der Waals surface area contributed by atoms with Crippen LogP contribution in [0, 0.1) is 0 Å². The monoisotopic (exact) mass is 256 g/mol. The molecule has 1 saturated heterocycles. The molecule has 1 fully saturated rings. The van der Waals surface area contributed by atoms with Crippen LogP contribution in [0.5, 0.6) is 0 Å². The van der Waals surface area contributed by atoms with Gasteiger partial charge < -0.3 is 10.1 Å². The summed E-state index contributed by atoms with van der Waals surface area (Å²) in [5.41, 5.74) is 1.62. The highest BCUT2D eigenvalue weighted by atomic mass is 32.2. The van der Waals surface area contributed by atoms with E-state index in [1.54, 1.807) is 12.1 Å². The Kier molecular flexibility index (Phi) is 3.66. The average molecular weight is 256 g/mol. The third kappa shape index (κ3) is 3.69. The van der Waals surface area contributed by atoms with Crippen LogP contribution in [0.25, 0.3) is 0 Å². The standard InChI is InChI=1S/C11H16N2O3S/c1-17(14,15)13-10-4-2-9(3-5-10)11-8-12-6-7-16-11/h2-5,11-13H,6-8H2,1H3. The van der Waals surface area contributed by atoms with E-state index >= 15 is 0 Å². The Labute approximate surface area is 101 Å². The van der Waals surface area contributed by atoms with Gasteiger partial charge in [-0.3, -0.25) is 4.72 Å². The van der Waals surface area contributed by atoms with Crippen molar-refractivity contribution in [2.45, 2.75) is 6.10 Å². The molecule has 1 atom stereocenters. The van der Waals surface area contributed by atoms with E-state index < -0.39 is 10.0 Å². The molecule has 1 aliphatic rings. The molecular weight excluding hydrogens is 240 g/mol. The molecule has 0 radical (unpaired) electrons. The number of benzene rings is 1. The molecule has 2 N–H and O–H groups in total. The van der Waals surface area contributed by atoms with Gasteiger partial charge in [-0.15, -0.1) is 0 Å². The Morgan fingerprint density at radius 1 is 1.35 bits per heavy atom. The quantitative estimate of drug-likeness (QED) is 0.836. The Bertz CT molecular complexity index is 464. The topological polar surface area (TPSA) is 67.4 Å². The van der Waals surface area contributed by atoms with Crippen LogP contribution in [0.3, 0.4) is 0 Å². The zero-order valence-corrected chi connectivity index (χ0v) is 10.5. The zero-order valence-electron chi connectivity index (χ0n) is 9.64. The summed E-state index contributed by atoms with van der Waals surface area (Å²) in [6.07, 6.45) is 1.19. The van der Waals surface area contributed by atoms with Crippen molar-refractivity contribution in [1.29, 1.82) is 0 Å². The maximum absolute atomic E-state index is 11.0. The molecule has 1 heterocycles. The lowest BCUT2D eigenvalue weighted by atomic mass is 10.1. The van der Waals surface area contributed by atoms with E-state index in [0.717, 1.165) is 24.9 Å². The van der Waals surface area contributed by atoms with Crippen LogP contribution in [0.15, 0.2) is 24.3 Å². The first kappa shape index (κ1) is 12.3. The van der Waals surface area contributed by atoms with E-state index in [9.17, 15) is 8.42 Å². The van der Waals surface area contributed by atoms with Crippen LogP contribution in [0.4, 0.5) is 5.69 Å². The largest absolute Gasteiger partial charge is 0.371 e. The fraction of sp³-hybridized carbons (Fsp3) is 0.455. The summed E-state index contributed by atoms with van der Waals surface area (Å²) < 4.78 is 30.1. The van der Waals surface area contributed by atoms with Crippen molar-refractivity contribution in [2.24, 2.45) is 0 Å². The second kappa shape index (κ2) is 5.03. The van der Waals surface area contributed by atoms with Gasteiger partial charge in [0, 0.05) is 18.8 Å². The number of hydrogen-bond acceptors (Lipinski definition) is 4. The summed E-state index contributed by atoms with van der Waals surface area (Å²) in [6, 6.07) is 7.25. The minimum absolute atomic E-state index is 0.0519. The average Bonchev–Trinajstić information content (AvgIpc) is 2.29. The number of sulfonamides is 1. The fourth-order valence-electron chi connectivity index (χ4n) is 1.76. The molecule has 0 aromatic heterocycles. The van der Waals surface area contributed by atoms with Gasteiger partial charge in [-0.25, -0.2) is 8.42 Å². The summed E-state index contributed by atoms with van der Waals surface area (Å²) in [7, 11) is -3.21. The molecule has 0 bridgehead atoms. The Hall–Kier alpha value is -1.11. The van der Waals surface area contributed by atoms with Gasteiger partial charge in [0.05, 0.1) is 19.0 Å². The van der Waals surface area contributed by atoms with E-state index in [1.807, 2.05) is 12.1 Å². The maximum atomic E-state index is 11.0. The third-order valence-electron chi connectivity index (χ3n) is 2.51. The molecule has 1 aromatic rings. The molecule has 17 heavy (non-hydrogen) atoms. The number of anilines is 1. The van der Waals surface area contributed by atoms with Crippen LogP contribution in [0.2, 0.25) is 0 Å². The van der Waals surface area contributed by atoms with Gasteiger partial charge in [0.1, 0.15) is 0 Å². The first-order chi connectivity index (χ1) is 8.04. The number of nitrogens with one attached hydrogen (secondary N) is 2. The SMILES string of the molecule is CS(=O)(=O)Nc1ccc(C2CNCCO2)cc1. The second-order valence-electron chi connectivity index (χ2n) is 4.06. The molecule has 0 amide bonds. The van der Waals surface area contributed by atoms with E-state index in [-0.39, 0.29) is 6.10 Å². The summed E-state index contributed by atoms with van der Waals surface area (Å²) in [4.78, 5) is 0. The van der Waals surface area contributed by atoms with Gasteiger partial charge >= 0.3 is 0 Å². The Morgan fingerprint density at radius 2 is 2.06 bits per heavy atom. The summed E-state index contributed by atoms with van der Waals surface area (Å²) in [6.45, 7) is 2.37. The van der Waals surface area contributed by atoms with Crippen molar-refractivity contribution >= 4 is 15.7 Å². The van der Waals surface area contributed by atoms with E-state index in [0.29, 0.717) is 12.3 Å². The first-order valence-corrected chi connectivity index (χ1v) is 7.34. The molecule has 1 aromatic carbocycles. The van der Waals surface area contributed by atoms with Crippen molar-refractivity contribution in [1.82, 2.24) is 5.32 Å². The molecule has 0 saturated carbocycles. The fourth-order valence-corrected chi connectivity index (χ4v) is 2.32. The van der Waals surface area contributed by atoms with E-state index in [4.69, 9.17) is 4.74 Å². The van der Waals surface area contributed by atoms with Gasteiger partial charge in [-0.2, -0.15) is 0 Å². The lowest BCUT2D eigenvalue weighted by Crippen LogP contribution is -2.33. The molecule has 1 unspecified atom stereocenters. The van der Waals surface area contributed by atoms with Crippen molar-refractivity contribution in [3.05, 3.63) is 29.8 Å². The van der Waals surface area contributed by atoms with Gasteiger partial charge in [0.15, 0.2) is 0 Å². The Balaban J connectivity index is 2.07. The highest BCUT2D eigenvalue weighted by Gasteiger charge is 2.15. The van der Waals surface area contributed by atoms with E-state index in [2.05, 4.69) is 10.0 Å². The third-order valence-corrected chi connectivity index (χ3v) is 3.12. The maximum Gasteiger partial charge on any atom is 0.229 e. The van der Waals surface area contributed by atoms with Crippen LogP contribution in [0.1, 0.15) is 11.7 Å². The predicted molar refractivity (Wildman–Crippen MR) is 66.5 cm³/mol. The van der Waals surface area contributed by atoms with E-state index in [1.165, 1.54) is 0 Å². The first-order valence-electron chi connectivity index (χ1n) is 5.45. The Morgan fingerprint density at radius 3 is 2.59 bits per heavy atom. The van der Waals surface area contributed by atoms with Gasteiger partial charge in [-0.1, -0.05) is 12.1 Å². The highest BCUT2D eigenvalue weighted by Crippen LogP contribution is 2.20. The van der Waals surface area contributed by atoms with Gasteiger partial charge in [-0.05, 0) is 17.7 Å². The van der Waals surface area contributed by atoms with Gasteiger partial charge in [0.25, 0.3) is 0 Å². The number of ether oxygens (including phenoxy) is 1. The minimum atomic E-state index is -3.21. The lowest BCUT2D eigenvalue weighted by Gasteiger charge is -2.24. The van der Waals surface area contributed by atoms with Crippen molar-refractivity contribution in [3.8, 4) is 0 Å². The molecule has 94 valence electrons. The van der Waals surface area contributed by atoms with Crippen LogP contribution in [-0.2, 0) is 14.8 Å².